The zero-order valence-corrected chi connectivity index (χ0v) is 9.24. The molecule has 0 fully saturated rings. The lowest BCUT2D eigenvalue weighted by Crippen LogP contribution is -2.09. The van der Waals surface area contributed by atoms with Crippen molar-refractivity contribution < 1.29 is 4.92 Å². The molecule has 0 saturated carbocycles. The first-order valence-electron chi connectivity index (χ1n) is 5.13. The number of hydrogen-bond donors (Lipinski definition) is 1. The largest absolute Gasteiger partial charge is 0.345 e. The summed E-state index contributed by atoms with van der Waals surface area (Å²) < 4.78 is 0. The molecule has 1 aromatic heterocycles. The van der Waals surface area contributed by atoms with Crippen LogP contribution in [0.3, 0.4) is 0 Å². The molecule has 0 bridgehead atoms. The van der Waals surface area contributed by atoms with Crippen LogP contribution in [0, 0.1) is 10.1 Å². The molecule has 2 aromatic rings. The maximum atomic E-state index is 10.9. The third kappa shape index (κ3) is 2.88. The van der Waals surface area contributed by atoms with Gasteiger partial charge in [-0.2, -0.15) is 0 Å². The van der Waals surface area contributed by atoms with Gasteiger partial charge in [0.1, 0.15) is 0 Å². The third-order valence-electron chi connectivity index (χ3n) is 2.26. The van der Waals surface area contributed by atoms with Crippen molar-refractivity contribution in [3.05, 3.63) is 68.4 Å². The molecular formula is C12H9N3O3. The number of rotatable bonds is 3. The number of nitro groups is 1. The first-order valence-corrected chi connectivity index (χ1v) is 5.13. The predicted molar refractivity (Wildman–Crippen MR) is 66.9 cm³/mol. The summed E-state index contributed by atoms with van der Waals surface area (Å²) in [5, 5.41) is 10.5. The molecule has 1 heterocycles. The Morgan fingerprint density at radius 3 is 2.50 bits per heavy atom. The Bertz CT molecular complexity index is 644. The third-order valence-corrected chi connectivity index (χ3v) is 2.26. The van der Waals surface area contributed by atoms with Crippen molar-refractivity contribution in [1.82, 2.24) is 9.97 Å². The van der Waals surface area contributed by atoms with E-state index in [-0.39, 0.29) is 5.69 Å². The maximum Gasteiger partial charge on any atom is 0.345 e. The van der Waals surface area contributed by atoms with Crippen LogP contribution < -0.4 is 5.69 Å². The van der Waals surface area contributed by atoms with Crippen LogP contribution in [0.1, 0.15) is 11.3 Å². The Balaban J connectivity index is 2.19. The van der Waals surface area contributed by atoms with Crippen LogP contribution in [-0.2, 0) is 0 Å². The fourth-order valence-corrected chi connectivity index (χ4v) is 1.37. The standard InChI is InChI=1S/C12H9N3O3/c16-12-13-8-7-10(14-12)4-1-9-2-5-11(6-3-9)15(17)18/h1-8H,(H,13,14,16)/b4-1+. The molecule has 0 amide bonds. The summed E-state index contributed by atoms with van der Waals surface area (Å²) in [7, 11) is 0. The maximum absolute atomic E-state index is 10.9. The molecule has 0 aliphatic rings. The second kappa shape index (κ2) is 5.05. The van der Waals surface area contributed by atoms with Crippen LogP contribution in [0.5, 0.6) is 0 Å². The minimum Gasteiger partial charge on any atom is -0.306 e. The Morgan fingerprint density at radius 1 is 1.17 bits per heavy atom. The van der Waals surface area contributed by atoms with E-state index >= 15 is 0 Å². The molecule has 0 radical (unpaired) electrons. The number of hydrogen-bond acceptors (Lipinski definition) is 4. The zero-order chi connectivity index (χ0) is 13.0. The van der Waals surface area contributed by atoms with Crippen molar-refractivity contribution in [2.24, 2.45) is 0 Å². The Labute approximate surface area is 102 Å². The smallest absolute Gasteiger partial charge is 0.306 e. The van der Waals surface area contributed by atoms with Gasteiger partial charge in [-0.3, -0.25) is 10.1 Å². The van der Waals surface area contributed by atoms with Gasteiger partial charge in [-0.05, 0) is 29.8 Å². The molecule has 90 valence electrons. The van der Waals surface area contributed by atoms with E-state index in [9.17, 15) is 14.9 Å². The molecule has 0 aliphatic heterocycles. The highest BCUT2D eigenvalue weighted by Crippen LogP contribution is 2.13. The minimum atomic E-state index is -0.451. The topological polar surface area (TPSA) is 88.9 Å². The normalized spacial score (nSPS) is 10.7. The van der Waals surface area contributed by atoms with E-state index in [1.807, 2.05) is 0 Å². The van der Waals surface area contributed by atoms with Crippen LogP contribution in [0.15, 0.2) is 41.3 Å². The predicted octanol–water partition coefficient (Wildman–Crippen LogP) is 1.85. The Kier molecular flexibility index (Phi) is 3.29. The van der Waals surface area contributed by atoms with Gasteiger partial charge in [0.2, 0.25) is 0 Å². The monoisotopic (exact) mass is 243 g/mol. The summed E-state index contributed by atoms with van der Waals surface area (Å²) in [6.07, 6.45) is 4.85. The SMILES string of the molecule is O=c1nccc(/C=C/c2ccc([N+](=O)[O-])cc2)[nH]1. The first-order chi connectivity index (χ1) is 8.65. The van der Waals surface area contributed by atoms with E-state index in [1.165, 1.54) is 18.3 Å². The van der Waals surface area contributed by atoms with Gasteiger partial charge < -0.3 is 4.98 Å². The van der Waals surface area contributed by atoms with Crippen molar-refractivity contribution in [2.75, 3.05) is 0 Å². The van der Waals surface area contributed by atoms with Crippen molar-refractivity contribution in [1.29, 1.82) is 0 Å². The van der Waals surface area contributed by atoms with Crippen molar-refractivity contribution in [2.45, 2.75) is 0 Å². The number of aromatic nitrogens is 2. The first kappa shape index (κ1) is 11.7. The molecule has 0 spiro atoms. The lowest BCUT2D eigenvalue weighted by atomic mass is 10.2. The van der Waals surface area contributed by atoms with Gasteiger partial charge in [0.25, 0.3) is 5.69 Å². The molecule has 6 nitrogen and oxygen atoms in total. The summed E-state index contributed by atoms with van der Waals surface area (Å²) in [5.74, 6) is 0. The number of aromatic amines is 1. The van der Waals surface area contributed by atoms with Gasteiger partial charge in [-0.15, -0.1) is 0 Å². The van der Waals surface area contributed by atoms with Crippen LogP contribution in [0.4, 0.5) is 5.69 Å². The molecule has 0 unspecified atom stereocenters. The number of nitrogens with zero attached hydrogens (tertiary/aromatic N) is 2. The number of non-ortho nitro benzene ring substituents is 1. The average molecular weight is 243 g/mol. The van der Waals surface area contributed by atoms with Gasteiger partial charge in [-0.25, -0.2) is 9.78 Å². The number of H-pyrrole nitrogens is 1. The summed E-state index contributed by atoms with van der Waals surface area (Å²) in [6, 6.07) is 7.77. The van der Waals surface area contributed by atoms with E-state index in [4.69, 9.17) is 0 Å². The molecule has 6 heteroatoms. The summed E-state index contributed by atoms with van der Waals surface area (Å²) in [4.78, 5) is 27.0. The average Bonchev–Trinajstić information content (AvgIpc) is 2.37. The van der Waals surface area contributed by atoms with E-state index in [2.05, 4.69) is 9.97 Å². The number of nitrogens with one attached hydrogen (secondary N) is 1. The Hall–Kier alpha value is -2.76. The van der Waals surface area contributed by atoms with Crippen LogP contribution >= 0.6 is 0 Å². The molecule has 2 rings (SSSR count). The molecule has 1 N–H and O–H groups in total. The van der Waals surface area contributed by atoms with E-state index < -0.39 is 10.6 Å². The minimum absolute atomic E-state index is 0.0458. The lowest BCUT2D eigenvalue weighted by Gasteiger charge is -1.94. The van der Waals surface area contributed by atoms with Crippen molar-refractivity contribution >= 4 is 17.8 Å². The van der Waals surface area contributed by atoms with E-state index in [1.54, 1.807) is 30.4 Å². The van der Waals surface area contributed by atoms with E-state index in [0.29, 0.717) is 5.69 Å². The van der Waals surface area contributed by atoms with Gasteiger partial charge in [0, 0.05) is 24.0 Å². The molecule has 1 aromatic carbocycles. The van der Waals surface area contributed by atoms with Crippen LogP contribution in [0.25, 0.3) is 12.2 Å². The fraction of sp³-hybridized carbons (Fsp3) is 0. The summed E-state index contributed by atoms with van der Waals surface area (Å²) in [6.45, 7) is 0. The molecule has 18 heavy (non-hydrogen) atoms. The summed E-state index contributed by atoms with van der Waals surface area (Å²) >= 11 is 0. The molecule has 0 aliphatic carbocycles. The number of nitro benzene ring substituents is 1. The molecular weight excluding hydrogens is 234 g/mol. The van der Waals surface area contributed by atoms with Gasteiger partial charge in [0.15, 0.2) is 0 Å². The molecule has 0 atom stereocenters. The second-order valence-electron chi connectivity index (χ2n) is 3.51. The van der Waals surface area contributed by atoms with Crippen molar-refractivity contribution in [3.8, 4) is 0 Å². The highest BCUT2D eigenvalue weighted by molar-refractivity contribution is 5.68. The number of benzene rings is 1. The van der Waals surface area contributed by atoms with Gasteiger partial charge in [0.05, 0.1) is 4.92 Å². The second-order valence-corrected chi connectivity index (χ2v) is 3.51. The van der Waals surface area contributed by atoms with Gasteiger partial charge in [-0.1, -0.05) is 6.08 Å². The highest BCUT2D eigenvalue weighted by atomic mass is 16.6. The highest BCUT2D eigenvalue weighted by Gasteiger charge is 2.01. The van der Waals surface area contributed by atoms with E-state index in [0.717, 1.165) is 5.56 Å². The zero-order valence-electron chi connectivity index (χ0n) is 9.24. The molecule has 0 saturated heterocycles. The lowest BCUT2D eigenvalue weighted by molar-refractivity contribution is -0.384. The summed E-state index contributed by atoms with van der Waals surface area (Å²) in [5.41, 5.74) is 1.05. The fourth-order valence-electron chi connectivity index (χ4n) is 1.37. The van der Waals surface area contributed by atoms with Crippen LogP contribution in [0.2, 0.25) is 0 Å². The quantitative estimate of drug-likeness (QED) is 0.658. The van der Waals surface area contributed by atoms with Crippen LogP contribution in [-0.4, -0.2) is 14.9 Å². The van der Waals surface area contributed by atoms with Gasteiger partial charge >= 0.3 is 5.69 Å². The van der Waals surface area contributed by atoms with Crippen molar-refractivity contribution in [3.63, 3.8) is 0 Å². The Morgan fingerprint density at radius 2 is 1.89 bits per heavy atom.